The largest absolute Gasteiger partial charge is 0.453 e. The number of hydrogen-bond donors (Lipinski definition) is 1. The second kappa shape index (κ2) is 6.68. The number of nitrogens with one attached hydrogen (secondary N) is 1. The van der Waals surface area contributed by atoms with E-state index in [-0.39, 0.29) is 5.91 Å². The summed E-state index contributed by atoms with van der Waals surface area (Å²) in [5.41, 5.74) is 1.84. The van der Waals surface area contributed by atoms with Crippen LogP contribution < -0.4 is 5.32 Å². The Morgan fingerprint density at radius 1 is 1.46 bits per heavy atom. The first-order chi connectivity index (χ1) is 11.6. The predicted molar refractivity (Wildman–Crippen MR) is 87.7 cm³/mol. The Morgan fingerprint density at radius 2 is 2.29 bits per heavy atom. The summed E-state index contributed by atoms with van der Waals surface area (Å²) in [6, 6.07) is 8.70. The van der Waals surface area contributed by atoms with Crippen molar-refractivity contribution in [3.05, 3.63) is 46.0 Å². The molecular weight excluding hydrogens is 328 g/mol. The van der Waals surface area contributed by atoms with E-state index in [1.807, 2.05) is 6.07 Å². The van der Waals surface area contributed by atoms with Gasteiger partial charge in [0, 0.05) is 23.4 Å². The average molecular weight is 342 g/mol. The van der Waals surface area contributed by atoms with Crippen molar-refractivity contribution >= 4 is 28.5 Å². The molecule has 0 bridgehead atoms. The lowest BCUT2D eigenvalue weighted by molar-refractivity contribution is 0.0736. The summed E-state index contributed by atoms with van der Waals surface area (Å²) >= 11 is 1.33. The fourth-order valence-corrected chi connectivity index (χ4v) is 3.47. The van der Waals surface area contributed by atoms with Crippen molar-refractivity contribution < 1.29 is 14.3 Å². The lowest BCUT2D eigenvalue weighted by Gasteiger charge is -2.26. The molecule has 0 unspecified atom stereocenters. The Morgan fingerprint density at radius 3 is 3.04 bits per heavy atom. The van der Waals surface area contributed by atoms with Crippen molar-refractivity contribution in [3.63, 3.8) is 0 Å². The van der Waals surface area contributed by atoms with Crippen LogP contribution in [0.2, 0.25) is 0 Å². The van der Waals surface area contributed by atoms with Gasteiger partial charge in [0.25, 0.3) is 5.91 Å². The minimum absolute atomic E-state index is 0.117. The molecule has 0 atom stereocenters. The van der Waals surface area contributed by atoms with E-state index in [4.69, 9.17) is 5.26 Å². The first-order valence-electron chi connectivity index (χ1n) is 7.23. The van der Waals surface area contributed by atoms with E-state index in [0.717, 1.165) is 10.6 Å². The van der Waals surface area contributed by atoms with Crippen LogP contribution in [-0.2, 0) is 17.7 Å². The molecule has 122 valence electrons. The van der Waals surface area contributed by atoms with Gasteiger partial charge in [0.05, 0.1) is 31.0 Å². The van der Waals surface area contributed by atoms with Crippen LogP contribution in [0.3, 0.4) is 0 Å². The van der Waals surface area contributed by atoms with Crippen LogP contribution in [0.4, 0.5) is 9.93 Å². The minimum Gasteiger partial charge on any atom is -0.453 e. The summed E-state index contributed by atoms with van der Waals surface area (Å²) in [6.07, 6.45) is 0.0561. The molecule has 1 aliphatic rings. The Labute approximate surface area is 142 Å². The highest BCUT2D eigenvalue weighted by Crippen LogP contribution is 2.29. The lowest BCUT2D eigenvalue weighted by atomic mass is 10.1. The third-order valence-electron chi connectivity index (χ3n) is 3.65. The van der Waals surface area contributed by atoms with Gasteiger partial charge in [-0.25, -0.2) is 9.78 Å². The first-order valence-corrected chi connectivity index (χ1v) is 8.05. The molecule has 7 nitrogen and oxygen atoms in total. The number of hydrogen-bond acceptors (Lipinski definition) is 6. The molecule has 1 aliphatic heterocycles. The number of nitriles is 1. The molecule has 2 amide bonds. The monoisotopic (exact) mass is 342 g/mol. The number of fused-ring (bicyclic) bond motifs is 1. The molecule has 0 saturated carbocycles. The van der Waals surface area contributed by atoms with Gasteiger partial charge in [0.1, 0.15) is 0 Å². The van der Waals surface area contributed by atoms with Gasteiger partial charge in [-0.2, -0.15) is 5.26 Å². The third kappa shape index (κ3) is 3.21. The highest BCUT2D eigenvalue weighted by molar-refractivity contribution is 7.15. The SMILES string of the molecule is COC(=O)Nc1nc2c(s1)CN(C(=O)c1cccc(C#N)c1)CC2. The van der Waals surface area contributed by atoms with E-state index in [1.165, 1.54) is 18.4 Å². The van der Waals surface area contributed by atoms with Crippen molar-refractivity contribution in [3.8, 4) is 6.07 Å². The molecule has 24 heavy (non-hydrogen) atoms. The van der Waals surface area contributed by atoms with Gasteiger partial charge in [-0.1, -0.05) is 17.4 Å². The first kappa shape index (κ1) is 16.0. The van der Waals surface area contributed by atoms with Crippen LogP contribution in [0.25, 0.3) is 0 Å². The molecule has 8 heteroatoms. The number of thiazole rings is 1. The van der Waals surface area contributed by atoms with Crippen LogP contribution >= 0.6 is 11.3 Å². The van der Waals surface area contributed by atoms with Crippen molar-refractivity contribution in [1.29, 1.82) is 5.26 Å². The highest BCUT2D eigenvalue weighted by atomic mass is 32.1. The zero-order chi connectivity index (χ0) is 17.1. The number of methoxy groups -OCH3 is 1. The van der Waals surface area contributed by atoms with Crippen molar-refractivity contribution in [2.45, 2.75) is 13.0 Å². The molecule has 2 heterocycles. The van der Waals surface area contributed by atoms with Crippen LogP contribution in [0.5, 0.6) is 0 Å². The summed E-state index contributed by atoms with van der Waals surface area (Å²) in [7, 11) is 1.29. The number of benzene rings is 1. The molecule has 0 saturated heterocycles. The molecule has 1 N–H and O–H groups in total. The standard InChI is InChI=1S/C16H14N4O3S/c1-23-16(22)19-15-18-12-5-6-20(9-13(12)24-15)14(21)11-4-2-3-10(7-11)8-17/h2-4,7H,5-6,9H2,1H3,(H,18,19,22). The van der Waals surface area contributed by atoms with Gasteiger partial charge in [0.2, 0.25) is 0 Å². The molecule has 0 spiro atoms. The molecule has 0 radical (unpaired) electrons. The zero-order valence-electron chi connectivity index (χ0n) is 12.9. The quantitative estimate of drug-likeness (QED) is 0.904. The average Bonchev–Trinajstić information content (AvgIpc) is 3.02. The van der Waals surface area contributed by atoms with Crippen LogP contribution in [0.15, 0.2) is 24.3 Å². The number of nitrogens with zero attached hydrogens (tertiary/aromatic N) is 3. The topological polar surface area (TPSA) is 95.3 Å². The number of anilines is 1. The van der Waals surface area contributed by atoms with Gasteiger partial charge in [-0.15, -0.1) is 0 Å². The van der Waals surface area contributed by atoms with Crippen LogP contribution in [0.1, 0.15) is 26.5 Å². The summed E-state index contributed by atoms with van der Waals surface area (Å²) in [6.45, 7) is 0.982. The van der Waals surface area contributed by atoms with E-state index >= 15 is 0 Å². The maximum Gasteiger partial charge on any atom is 0.413 e. The fourth-order valence-electron chi connectivity index (χ4n) is 2.46. The van der Waals surface area contributed by atoms with E-state index in [0.29, 0.717) is 35.8 Å². The minimum atomic E-state index is -0.567. The Kier molecular flexibility index (Phi) is 4.44. The second-order valence-corrected chi connectivity index (χ2v) is 6.26. The van der Waals surface area contributed by atoms with Gasteiger partial charge in [-0.05, 0) is 18.2 Å². The molecule has 1 aromatic carbocycles. The number of carbonyl (C=O) groups is 2. The number of aromatic nitrogens is 1. The fraction of sp³-hybridized carbons (Fsp3) is 0.250. The second-order valence-electron chi connectivity index (χ2n) is 5.17. The maximum absolute atomic E-state index is 12.6. The van der Waals surface area contributed by atoms with Crippen LogP contribution in [-0.4, -0.2) is 35.5 Å². The van der Waals surface area contributed by atoms with Crippen molar-refractivity contribution in [2.75, 3.05) is 19.0 Å². The van der Waals surface area contributed by atoms with Crippen LogP contribution in [0, 0.1) is 11.3 Å². The molecule has 1 aromatic heterocycles. The molecule has 0 aliphatic carbocycles. The van der Waals surface area contributed by atoms with Gasteiger partial charge < -0.3 is 9.64 Å². The number of rotatable bonds is 2. The molecule has 0 fully saturated rings. The number of amides is 2. The van der Waals surface area contributed by atoms with E-state index in [1.54, 1.807) is 29.2 Å². The van der Waals surface area contributed by atoms with E-state index < -0.39 is 6.09 Å². The Hall–Kier alpha value is -2.92. The van der Waals surface area contributed by atoms with Gasteiger partial charge in [0.15, 0.2) is 5.13 Å². The molecule has 2 aromatic rings. The van der Waals surface area contributed by atoms with E-state index in [9.17, 15) is 9.59 Å². The number of ether oxygens (including phenoxy) is 1. The highest BCUT2D eigenvalue weighted by Gasteiger charge is 2.25. The summed E-state index contributed by atoms with van der Waals surface area (Å²) in [5, 5.41) is 12.0. The number of carbonyl (C=O) groups excluding carboxylic acids is 2. The van der Waals surface area contributed by atoms with Crippen molar-refractivity contribution in [2.24, 2.45) is 0 Å². The summed E-state index contributed by atoms with van der Waals surface area (Å²) in [4.78, 5) is 30.9. The van der Waals surface area contributed by atoms with E-state index in [2.05, 4.69) is 15.0 Å². The predicted octanol–water partition coefficient (Wildman–Crippen LogP) is 2.39. The Balaban J connectivity index is 1.75. The van der Waals surface area contributed by atoms with Gasteiger partial charge in [-0.3, -0.25) is 10.1 Å². The Bertz CT molecular complexity index is 840. The molecular formula is C16H14N4O3S. The lowest BCUT2D eigenvalue weighted by Crippen LogP contribution is -2.35. The van der Waals surface area contributed by atoms with Crippen molar-refractivity contribution in [1.82, 2.24) is 9.88 Å². The summed E-state index contributed by atoms with van der Waals surface area (Å²) < 4.78 is 4.55. The third-order valence-corrected chi connectivity index (χ3v) is 4.65. The zero-order valence-corrected chi connectivity index (χ0v) is 13.7. The maximum atomic E-state index is 12.6. The normalized spacial score (nSPS) is 12.9. The molecule has 3 rings (SSSR count). The van der Waals surface area contributed by atoms with Gasteiger partial charge >= 0.3 is 6.09 Å². The summed E-state index contributed by atoms with van der Waals surface area (Å²) in [5.74, 6) is -0.117. The smallest absolute Gasteiger partial charge is 0.413 e.